The van der Waals surface area contributed by atoms with Gasteiger partial charge in [0.15, 0.2) is 5.60 Å². The monoisotopic (exact) mass is 285 g/mol. The molecule has 1 amide bonds. The van der Waals surface area contributed by atoms with Gasteiger partial charge in [0.1, 0.15) is 5.75 Å². The van der Waals surface area contributed by atoms with Crippen LogP contribution in [0.4, 0.5) is 0 Å². The summed E-state index contributed by atoms with van der Waals surface area (Å²) in [5.74, 6) is 0.387. The van der Waals surface area contributed by atoms with Crippen LogP contribution in [0.5, 0.6) is 5.75 Å². The first-order valence-corrected chi connectivity index (χ1v) is 6.56. The molecule has 0 bridgehead atoms. The lowest BCUT2D eigenvalue weighted by molar-refractivity contribution is -0.134. The van der Waals surface area contributed by atoms with Crippen LogP contribution in [0.25, 0.3) is 0 Å². The maximum atomic E-state index is 12.0. The Bertz CT molecular complexity index is 417. The van der Waals surface area contributed by atoms with Gasteiger partial charge >= 0.3 is 0 Å². The number of amides is 1. The lowest BCUT2D eigenvalue weighted by atomic mass is 10.1. The van der Waals surface area contributed by atoms with Crippen LogP contribution in [0.3, 0.4) is 0 Å². The van der Waals surface area contributed by atoms with Crippen molar-refractivity contribution in [2.75, 3.05) is 13.2 Å². The Labute approximate surface area is 118 Å². The van der Waals surface area contributed by atoms with E-state index in [-0.39, 0.29) is 18.4 Å². The Hall–Kier alpha value is -1.26. The number of ether oxygens (including phenoxy) is 1. The minimum absolute atomic E-state index is 0.0234. The molecule has 2 N–H and O–H groups in total. The summed E-state index contributed by atoms with van der Waals surface area (Å²) < 4.78 is 5.65. The minimum Gasteiger partial charge on any atom is -0.478 e. The predicted octanol–water partition coefficient (Wildman–Crippen LogP) is 2.24. The van der Waals surface area contributed by atoms with Gasteiger partial charge in [0, 0.05) is 18.2 Å². The fraction of sp³-hybridized carbons (Fsp3) is 0.500. The first kappa shape index (κ1) is 15.8. The molecule has 5 heteroatoms. The summed E-state index contributed by atoms with van der Waals surface area (Å²) in [4.78, 5) is 12.0. The Balaban J connectivity index is 2.59. The van der Waals surface area contributed by atoms with Gasteiger partial charge in [0.25, 0.3) is 5.91 Å². The van der Waals surface area contributed by atoms with Crippen LogP contribution in [-0.4, -0.2) is 29.8 Å². The van der Waals surface area contributed by atoms with Gasteiger partial charge in [-0.2, -0.15) is 0 Å². The number of nitrogens with one attached hydrogen (secondary N) is 1. The van der Waals surface area contributed by atoms with Crippen molar-refractivity contribution < 1.29 is 14.6 Å². The van der Waals surface area contributed by atoms with Crippen LogP contribution in [0.15, 0.2) is 24.3 Å². The summed E-state index contributed by atoms with van der Waals surface area (Å²) in [6, 6.07) is 6.85. The number of rotatable bonds is 6. The standard InChI is InChI=1S/C14H20ClNO3/c1-10(9-17)8-16-13(18)14(2,3)19-12-6-4-11(15)5-7-12/h4-7,10,17H,8-9H2,1-3H3,(H,16,18). The molecule has 0 fully saturated rings. The van der Waals surface area contributed by atoms with Crippen molar-refractivity contribution in [2.24, 2.45) is 5.92 Å². The third kappa shape index (κ3) is 5.09. The number of aliphatic hydroxyl groups is 1. The molecule has 0 saturated carbocycles. The Morgan fingerprint density at radius 2 is 2.00 bits per heavy atom. The Morgan fingerprint density at radius 3 is 2.53 bits per heavy atom. The van der Waals surface area contributed by atoms with E-state index in [9.17, 15) is 4.79 Å². The highest BCUT2D eigenvalue weighted by molar-refractivity contribution is 6.30. The van der Waals surface area contributed by atoms with Crippen LogP contribution in [0, 0.1) is 5.92 Å². The van der Waals surface area contributed by atoms with E-state index in [1.165, 1.54) is 0 Å². The van der Waals surface area contributed by atoms with E-state index < -0.39 is 5.60 Å². The van der Waals surface area contributed by atoms with Crippen LogP contribution >= 0.6 is 11.6 Å². The smallest absolute Gasteiger partial charge is 0.263 e. The molecule has 19 heavy (non-hydrogen) atoms. The van der Waals surface area contributed by atoms with E-state index in [0.29, 0.717) is 17.3 Å². The quantitative estimate of drug-likeness (QED) is 0.843. The van der Waals surface area contributed by atoms with Crippen molar-refractivity contribution in [3.8, 4) is 5.75 Å². The number of halogens is 1. The fourth-order valence-corrected chi connectivity index (χ4v) is 1.51. The zero-order valence-corrected chi connectivity index (χ0v) is 12.2. The van der Waals surface area contributed by atoms with Crippen molar-refractivity contribution in [1.29, 1.82) is 0 Å². The van der Waals surface area contributed by atoms with E-state index in [1.54, 1.807) is 38.1 Å². The number of hydrogen-bond acceptors (Lipinski definition) is 3. The molecule has 1 unspecified atom stereocenters. The molecule has 1 atom stereocenters. The molecule has 106 valence electrons. The molecule has 0 heterocycles. The first-order chi connectivity index (χ1) is 8.85. The zero-order valence-electron chi connectivity index (χ0n) is 11.4. The van der Waals surface area contributed by atoms with Crippen LogP contribution in [0.1, 0.15) is 20.8 Å². The molecule has 1 aromatic carbocycles. The molecule has 0 aliphatic rings. The third-order valence-electron chi connectivity index (χ3n) is 2.66. The Morgan fingerprint density at radius 1 is 1.42 bits per heavy atom. The molecule has 0 spiro atoms. The van der Waals surface area contributed by atoms with Crippen molar-refractivity contribution >= 4 is 17.5 Å². The Kier molecular flexibility index (Phi) is 5.63. The number of hydrogen-bond donors (Lipinski definition) is 2. The average molecular weight is 286 g/mol. The molecule has 0 aliphatic carbocycles. The minimum atomic E-state index is -0.983. The number of carbonyl (C=O) groups excluding carboxylic acids is 1. The second kappa shape index (κ2) is 6.78. The lowest BCUT2D eigenvalue weighted by Crippen LogP contribution is -2.47. The van der Waals surface area contributed by atoms with E-state index in [4.69, 9.17) is 21.4 Å². The van der Waals surface area contributed by atoms with E-state index in [0.717, 1.165) is 0 Å². The van der Waals surface area contributed by atoms with Crippen molar-refractivity contribution in [2.45, 2.75) is 26.4 Å². The molecule has 0 radical (unpaired) electrons. The topological polar surface area (TPSA) is 58.6 Å². The fourth-order valence-electron chi connectivity index (χ4n) is 1.39. The van der Waals surface area contributed by atoms with Crippen molar-refractivity contribution in [1.82, 2.24) is 5.32 Å². The summed E-state index contributed by atoms with van der Waals surface area (Å²) in [7, 11) is 0. The molecule has 0 aliphatic heterocycles. The highest BCUT2D eigenvalue weighted by Crippen LogP contribution is 2.21. The van der Waals surface area contributed by atoms with Gasteiger partial charge in [0.2, 0.25) is 0 Å². The summed E-state index contributed by atoms with van der Waals surface area (Å²) in [5, 5.41) is 12.3. The summed E-state index contributed by atoms with van der Waals surface area (Å²) in [6.07, 6.45) is 0. The van der Waals surface area contributed by atoms with Gasteiger partial charge in [0.05, 0.1) is 0 Å². The summed E-state index contributed by atoms with van der Waals surface area (Å²) >= 11 is 5.79. The highest BCUT2D eigenvalue weighted by atomic mass is 35.5. The van der Waals surface area contributed by atoms with Crippen LogP contribution < -0.4 is 10.1 Å². The van der Waals surface area contributed by atoms with Gasteiger partial charge in [-0.3, -0.25) is 4.79 Å². The molecule has 0 saturated heterocycles. The second-order valence-electron chi connectivity index (χ2n) is 5.06. The molecule has 1 aromatic rings. The normalized spacial score (nSPS) is 12.9. The molecule has 4 nitrogen and oxygen atoms in total. The molecular weight excluding hydrogens is 266 g/mol. The van der Waals surface area contributed by atoms with Crippen molar-refractivity contribution in [3.05, 3.63) is 29.3 Å². The lowest BCUT2D eigenvalue weighted by Gasteiger charge is -2.26. The van der Waals surface area contributed by atoms with Gasteiger partial charge < -0.3 is 15.2 Å². The summed E-state index contributed by atoms with van der Waals surface area (Å²) in [6.45, 7) is 5.70. The SMILES string of the molecule is CC(CO)CNC(=O)C(C)(C)Oc1ccc(Cl)cc1. The highest BCUT2D eigenvalue weighted by Gasteiger charge is 2.29. The third-order valence-corrected chi connectivity index (χ3v) is 2.91. The maximum absolute atomic E-state index is 12.0. The molecule has 0 aromatic heterocycles. The van der Waals surface area contributed by atoms with E-state index in [1.807, 2.05) is 6.92 Å². The van der Waals surface area contributed by atoms with E-state index in [2.05, 4.69) is 5.32 Å². The van der Waals surface area contributed by atoms with Gasteiger partial charge in [-0.15, -0.1) is 0 Å². The first-order valence-electron chi connectivity index (χ1n) is 6.19. The number of carbonyl (C=O) groups is 1. The average Bonchev–Trinajstić information content (AvgIpc) is 2.37. The van der Waals surface area contributed by atoms with Gasteiger partial charge in [-0.1, -0.05) is 18.5 Å². The molecular formula is C14H20ClNO3. The number of aliphatic hydroxyl groups excluding tert-OH is 1. The van der Waals surface area contributed by atoms with Crippen LogP contribution in [-0.2, 0) is 4.79 Å². The largest absolute Gasteiger partial charge is 0.478 e. The van der Waals surface area contributed by atoms with Crippen molar-refractivity contribution in [3.63, 3.8) is 0 Å². The zero-order chi connectivity index (χ0) is 14.5. The predicted molar refractivity (Wildman–Crippen MR) is 75.4 cm³/mol. The van der Waals surface area contributed by atoms with E-state index >= 15 is 0 Å². The molecule has 1 rings (SSSR count). The second-order valence-corrected chi connectivity index (χ2v) is 5.50. The van der Waals surface area contributed by atoms with Gasteiger partial charge in [-0.05, 0) is 44.0 Å². The van der Waals surface area contributed by atoms with Crippen LogP contribution in [0.2, 0.25) is 5.02 Å². The number of benzene rings is 1. The summed E-state index contributed by atoms with van der Waals surface area (Å²) in [5.41, 5.74) is -0.983. The maximum Gasteiger partial charge on any atom is 0.263 e. The van der Waals surface area contributed by atoms with Gasteiger partial charge in [-0.25, -0.2) is 0 Å².